The summed E-state index contributed by atoms with van der Waals surface area (Å²) in [6.45, 7) is 8.55. The molecule has 168 valence electrons. The molecule has 0 bridgehead atoms. The van der Waals surface area contributed by atoms with Crippen molar-refractivity contribution in [3.05, 3.63) is 23.3 Å². The first kappa shape index (κ1) is 22.6. The van der Waals surface area contributed by atoms with Crippen LogP contribution in [-0.4, -0.2) is 49.4 Å². The second kappa shape index (κ2) is 8.19. The van der Waals surface area contributed by atoms with E-state index in [4.69, 9.17) is 9.47 Å². The Hall–Kier alpha value is -2.12. The first-order valence-corrected chi connectivity index (χ1v) is 10.5. The van der Waals surface area contributed by atoms with E-state index in [1.54, 1.807) is 43.7 Å². The number of benzene rings is 1. The number of unbranched alkanes of at least 4 members (excludes halogenated alkanes) is 1. The lowest BCUT2D eigenvalue weighted by atomic mass is 9.88. The van der Waals surface area contributed by atoms with Crippen molar-refractivity contribution in [3.8, 4) is 5.75 Å². The van der Waals surface area contributed by atoms with E-state index in [-0.39, 0.29) is 23.4 Å². The van der Waals surface area contributed by atoms with Crippen LogP contribution in [0, 0.1) is 0 Å². The molecule has 0 spiro atoms. The van der Waals surface area contributed by atoms with Crippen molar-refractivity contribution in [2.45, 2.75) is 70.7 Å². The molecule has 2 aliphatic rings. The van der Waals surface area contributed by atoms with Gasteiger partial charge in [-0.1, -0.05) is 13.3 Å². The van der Waals surface area contributed by atoms with Crippen LogP contribution in [0.4, 0.5) is 23.7 Å². The molecular weight excluding hydrogens is 397 g/mol. The number of carbonyl (C=O) groups is 1. The van der Waals surface area contributed by atoms with Gasteiger partial charge >= 0.3 is 12.3 Å². The molecule has 1 amide bonds. The van der Waals surface area contributed by atoms with Gasteiger partial charge in [0.05, 0.1) is 17.9 Å². The van der Waals surface area contributed by atoms with Crippen LogP contribution in [0.3, 0.4) is 0 Å². The molecule has 30 heavy (non-hydrogen) atoms. The summed E-state index contributed by atoms with van der Waals surface area (Å²) in [6, 6.07) is 2.74. The van der Waals surface area contributed by atoms with Crippen LogP contribution < -0.4 is 9.64 Å². The van der Waals surface area contributed by atoms with Crippen molar-refractivity contribution in [2.75, 3.05) is 31.6 Å². The molecule has 0 radical (unpaired) electrons. The van der Waals surface area contributed by atoms with Gasteiger partial charge in [-0.25, -0.2) is 4.79 Å². The molecule has 0 saturated carbocycles. The average molecular weight is 428 g/mol. The summed E-state index contributed by atoms with van der Waals surface area (Å²) in [5.74, 6) is 0.0139. The SMILES string of the molecule is CCCCOc1cc2c(c(C(F)(F)F)c1)N(C)[C@@H]1CCN(C(=O)OC(C)(C)C)C[C@H]21. The normalized spacial score (nSPS) is 21.3. The number of likely N-dealkylation sites (tertiary alicyclic amines) is 1. The highest BCUT2D eigenvalue weighted by Gasteiger charge is 2.47. The van der Waals surface area contributed by atoms with Crippen molar-refractivity contribution in [2.24, 2.45) is 0 Å². The predicted molar refractivity (Wildman–Crippen MR) is 109 cm³/mol. The first-order valence-electron chi connectivity index (χ1n) is 10.5. The largest absolute Gasteiger partial charge is 0.494 e. The number of fused-ring (bicyclic) bond motifs is 3. The molecule has 2 atom stereocenters. The molecule has 1 aromatic carbocycles. The molecule has 0 N–H and O–H groups in total. The average Bonchev–Trinajstić information content (AvgIpc) is 2.91. The lowest BCUT2D eigenvalue weighted by molar-refractivity contribution is -0.137. The standard InChI is InChI=1S/C22H31F3N2O3/c1-6-7-10-29-14-11-15-16-13-27(20(28)30-21(2,3)4)9-8-18(16)26(5)19(15)17(12-14)22(23,24)25/h11-12,16,18H,6-10,13H2,1-5H3/t16-,18-/m1/s1. The number of anilines is 1. The van der Waals surface area contributed by atoms with Gasteiger partial charge in [0.2, 0.25) is 0 Å². The van der Waals surface area contributed by atoms with Crippen LogP contribution in [0.5, 0.6) is 5.75 Å². The van der Waals surface area contributed by atoms with E-state index in [0.717, 1.165) is 18.9 Å². The van der Waals surface area contributed by atoms with E-state index in [2.05, 4.69) is 0 Å². The van der Waals surface area contributed by atoms with Crippen LogP contribution in [-0.2, 0) is 10.9 Å². The fourth-order valence-electron chi connectivity index (χ4n) is 4.31. The van der Waals surface area contributed by atoms with Gasteiger partial charge in [0, 0.05) is 32.1 Å². The van der Waals surface area contributed by atoms with Gasteiger partial charge in [0.1, 0.15) is 11.4 Å². The number of likely N-dealkylation sites (N-methyl/N-ethyl adjacent to an activating group) is 1. The molecule has 0 aliphatic carbocycles. The number of nitrogens with zero attached hydrogens (tertiary/aromatic N) is 2. The number of amides is 1. The Bertz CT molecular complexity index is 789. The maximum absolute atomic E-state index is 13.9. The zero-order chi connectivity index (χ0) is 22.3. The summed E-state index contributed by atoms with van der Waals surface area (Å²) in [6.07, 6.45) is -2.66. The Balaban J connectivity index is 1.94. The Morgan fingerprint density at radius 1 is 1.23 bits per heavy atom. The molecule has 2 heterocycles. The minimum atomic E-state index is -4.49. The summed E-state index contributed by atoms with van der Waals surface area (Å²) in [7, 11) is 1.71. The van der Waals surface area contributed by atoms with Gasteiger partial charge < -0.3 is 19.3 Å². The molecule has 1 aromatic rings. The van der Waals surface area contributed by atoms with Crippen molar-refractivity contribution >= 4 is 11.8 Å². The lowest BCUT2D eigenvalue weighted by Gasteiger charge is -2.38. The third kappa shape index (κ3) is 4.62. The van der Waals surface area contributed by atoms with Gasteiger partial charge in [0.15, 0.2) is 0 Å². The van der Waals surface area contributed by atoms with Gasteiger partial charge in [0.25, 0.3) is 0 Å². The minimum Gasteiger partial charge on any atom is -0.494 e. The molecule has 0 aromatic heterocycles. The van der Waals surface area contributed by atoms with E-state index in [1.165, 1.54) is 0 Å². The molecule has 5 nitrogen and oxygen atoms in total. The second-order valence-electron chi connectivity index (χ2n) is 9.11. The van der Waals surface area contributed by atoms with Crippen molar-refractivity contribution < 1.29 is 27.4 Å². The number of ether oxygens (including phenoxy) is 2. The number of hydrogen-bond donors (Lipinski definition) is 0. The fraction of sp³-hybridized carbons (Fsp3) is 0.682. The van der Waals surface area contributed by atoms with E-state index in [1.807, 2.05) is 6.92 Å². The summed E-state index contributed by atoms with van der Waals surface area (Å²) in [4.78, 5) is 15.9. The number of rotatable bonds is 4. The quantitative estimate of drug-likeness (QED) is 0.600. The van der Waals surface area contributed by atoms with Crippen LogP contribution in [0.25, 0.3) is 0 Å². The number of carbonyl (C=O) groups excluding carboxylic acids is 1. The molecule has 1 fully saturated rings. The number of hydrogen-bond acceptors (Lipinski definition) is 4. The number of halogens is 3. The first-order chi connectivity index (χ1) is 13.9. The predicted octanol–water partition coefficient (Wildman–Crippen LogP) is 5.43. The summed E-state index contributed by atoms with van der Waals surface area (Å²) in [5, 5.41) is 0. The van der Waals surface area contributed by atoms with E-state index in [9.17, 15) is 18.0 Å². The van der Waals surface area contributed by atoms with Crippen molar-refractivity contribution in [1.29, 1.82) is 0 Å². The van der Waals surface area contributed by atoms with Crippen LogP contribution >= 0.6 is 0 Å². The maximum Gasteiger partial charge on any atom is 0.418 e. The second-order valence-corrected chi connectivity index (χ2v) is 9.11. The smallest absolute Gasteiger partial charge is 0.418 e. The fourth-order valence-corrected chi connectivity index (χ4v) is 4.31. The lowest BCUT2D eigenvalue weighted by Crippen LogP contribution is -2.48. The van der Waals surface area contributed by atoms with Crippen LogP contribution in [0.15, 0.2) is 12.1 Å². The molecule has 8 heteroatoms. The topological polar surface area (TPSA) is 42.0 Å². The summed E-state index contributed by atoms with van der Waals surface area (Å²) in [5.41, 5.74) is -0.502. The maximum atomic E-state index is 13.9. The third-order valence-electron chi connectivity index (χ3n) is 5.66. The Morgan fingerprint density at radius 3 is 2.53 bits per heavy atom. The zero-order valence-corrected chi connectivity index (χ0v) is 18.3. The molecule has 1 saturated heterocycles. The molecular formula is C22H31F3N2O3. The molecule has 3 rings (SSSR count). The highest BCUT2D eigenvalue weighted by Crippen LogP contribution is 2.51. The highest BCUT2D eigenvalue weighted by atomic mass is 19.4. The van der Waals surface area contributed by atoms with Crippen LogP contribution in [0.1, 0.15) is 64.0 Å². The Kier molecular flexibility index (Phi) is 6.16. The molecule has 2 aliphatic heterocycles. The van der Waals surface area contributed by atoms with E-state index < -0.39 is 23.4 Å². The number of alkyl halides is 3. The highest BCUT2D eigenvalue weighted by molar-refractivity contribution is 5.72. The van der Waals surface area contributed by atoms with E-state index >= 15 is 0 Å². The van der Waals surface area contributed by atoms with Gasteiger partial charge in [-0.3, -0.25) is 0 Å². The van der Waals surface area contributed by atoms with Crippen molar-refractivity contribution in [3.63, 3.8) is 0 Å². The van der Waals surface area contributed by atoms with Crippen LogP contribution in [0.2, 0.25) is 0 Å². The third-order valence-corrected chi connectivity index (χ3v) is 5.66. The van der Waals surface area contributed by atoms with E-state index in [0.29, 0.717) is 31.7 Å². The van der Waals surface area contributed by atoms with Gasteiger partial charge in [-0.2, -0.15) is 13.2 Å². The Labute approximate surface area is 176 Å². The molecule has 0 unspecified atom stereocenters. The number of piperidine rings is 1. The summed E-state index contributed by atoms with van der Waals surface area (Å²) >= 11 is 0. The zero-order valence-electron chi connectivity index (χ0n) is 18.3. The van der Waals surface area contributed by atoms with Crippen molar-refractivity contribution in [1.82, 2.24) is 4.90 Å². The minimum absolute atomic E-state index is 0.0920. The monoisotopic (exact) mass is 428 g/mol. The summed E-state index contributed by atoms with van der Waals surface area (Å²) < 4.78 is 52.8. The van der Waals surface area contributed by atoms with Gasteiger partial charge in [-0.05, 0) is 51.3 Å². The Morgan fingerprint density at radius 2 is 1.93 bits per heavy atom. The van der Waals surface area contributed by atoms with Gasteiger partial charge in [-0.15, -0.1) is 0 Å².